The highest BCUT2D eigenvalue weighted by atomic mass is 16.5. The van der Waals surface area contributed by atoms with Crippen molar-refractivity contribution >= 4 is 0 Å². The van der Waals surface area contributed by atoms with Crippen LogP contribution in [0.2, 0.25) is 0 Å². The van der Waals surface area contributed by atoms with Gasteiger partial charge in [0, 0.05) is 19.1 Å². The lowest BCUT2D eigenvalue weighted by molar-refractivity contribution is -0.00957. The molecule has 1 aromatic carbocycles. The minimum Gasteiger partial charge on any atom is -0.493 e. The maximum absolute atomic E-state index is 5.76. The van der Waals surface area contributed by atoms with Gasteiger partial charge in [0.1, 0.15) is 5.75 Å². The number of fused-ring (bicyclic) bond motifs is 1. The number of ether oxygens (including phenoxy) is 2. The summed E-state index contributed by atoms with van der Waals surface area (Å²) in [5, 5.41) is 3.33. The fourth-order valence-corrected chi connectivity index (χ4v) is 2.46. The van der Waals surface area contributed by atoms with Crippen LogP contribution in [0.5, 0.6) is 5.75 Å². The molecule has 1 N–H and O–H groups in total. The highest BCUT2D eigenvalue weighted by molar-refractivity contribution is 5.46. The van der Waals surface area contributed by atoms with E-state index in [0.29, 0.717) is 0 Å². The molecule has 0 amide bonds. The van der Waals surface area contributed by atoms with Crippen LogP contribution in [0, 0.1) is 0 Å². The Labute approximate surface area is 103 Å². The second kappa shape index (κ2) is 4.67. The molecule has 3 heteroatoms. The number of rotatable bonds is 4. The number of para-hydroxylation sites is 1. The molecule has 94 valence electrons. The van der Waals surface area contributed by atoms with E-state index >= 15 is 0 Å². The van der Waals surface area contributed by atoms with Gasteiger partial charge in [0.2, 0.25) is 0 Å². The molecule has 0 saturated carbocycles. The van der Waals surface area contributed by atoms with Gasteiger partial charge in [0.25, 0.3) is 0 Å². The van der Waals surface area contributed by atoms with Gasteiger partial charge in [-0.3, -0.25) is 0 Å². The Kier molecular flexibility index (Phi) is 3.40. The van der Waals surface area contributed by atoms with Crippen molar-refractivity contribution in [2.75, 3.05) is 20.8 Å². The van der Waals surface area contributed by atoms with Crippen molar-refractivity contribution in [2.45, 2.75) is 31.9 Å². The fraction of sp³-hybridized carbons (Fsp3) is 0.571. The predicted octanol–water partition coefficient (Wildman–Crippen LogP) is 2.31. The van der Waals surface area contributed by atoms with E-state index in [9.17, 15) is 0 Å². The number of hydrogen-bond donors (Lipinski definition) is 1. The van der Waals surface area contributed by atoms with E-state index in [-0.39, 0.29) is 11.6 Å². The average Bonchev–Trinajstić information content (AvgIpc) is 2.78. The maximum Gasteiger partial charge on any atom is 0.127 e. The van der Waals surface area contributed by atoms with Crippen LogP contribution in [-0.4, -0.2) is 26.4 Å². The van der Waals surface area contributed by atoms with E-state index in [0.717, 1.165) is 18.8 Å². The number of likely N-dealkylation sites (N-methyl/N-ethyl adjacent to an activating group) is 1. The summed E-state index contributed by atoms with van der Waals surface area (Å²) in [5.74, 6) is 1.04. The van der Waals surface area contributed by atoms with Crippen LogP contribution >= 0.6 is 0 Å². The molecule has 2 rings (SSSR count). The number of nitrogens with one attached hydrogen (secondary N) is 1. The maximum atomic E-state index is 5.76. The minimum atomic E-state index is -0.268. The molecule has 0 bridgehead atoms. The van der Waals surface area contributed by atoms with Crippen LogP contribution in [0.4, 0.5) is 0 Å². The molecule has 0 radical (unpaired) electrons. The molecule has 0 fully saturated rings. The Balaban J connectivity index is 2.42. The first-order valence-electron chi connectivity index (χ1n) is 6.07. The van der Waals surface area contributed by atoms with E-state index in [1.165, 1.54) is 11.1 Å². The lowest BCUT2D eigenvalue weighted by Crippen LogP contribution is -2.39. The largest absolute Gasteiger partial charge is 0.493 e. The molecular formula is C14H21NO2. The van der Waals surface area contributed by atoms with Crippen LogP contribution in [0.1, 0.15) is 31.0 Å². The lowest BCUT2D eigenvalue weighted by Gasteiger charge is -2.34. The zero-order valence-corrected chi connectivity index (χ0v) is 11.0. The van der Waals surface area contributed by atoms with Gasteiger partial charge in [-0.25, -0.2) is 0 Å². The molecule has 0 spiro atoms. The van der Waals surface area contributed by atoms with Gasteiger partial charge in [-0.05, 0) is 26.5 Å². The van der Waals surface area contributed by atoms with E-state index < -0.39 is 0 Å². The lowest BCUT2D eigenvalue weighted by atomic mass is 9.90. The Morgan fingerprint density at radius 2 is 2.18 bits per heavy atom. The van der Waals surface area contributed by atoms with Gasteiger partial charge >= 0.3 is 0 Å². The van der Waals surface area contributed by atoms with Gasteiger partial charge in [-0.1, -0.05) is 18.2 Å². The normalized spacial score (nSPS) is 16.5. The first-order valence-corrected chi connectivity index (χ1v) is 6.07. The fourth-order valence-electron chi connectivity index (χ4n) is 2.46. The van der Waals surface area contributed by atoms with Crippen molar-refractivity contribution in [1.29, 1.82) is 0 Å². The molecule has 1 aromatic rings. The summed E-state index contributed by atoms with van der Waals surface area (Å²) in [6.45, 7) is 4.96. The minimum absolute atomic E-state index is 0.126. The molecular weight excluding hydrogens is 214 g/mol. The Bertz CT molecular complexity index is 401. The smallest absolute Gasteiger partial charge is 0.127 e. The van der Waals surface area contributed by atoms with Crippen molar-refractivity contribution in [3.63, 3.8) is 0 Å². The topological polar surface area (TPSA) is 30.5 Å². The van der Waals surface area contributed by atoms with E-state index in [2.05, 4.69) is 37.4 Å². The SMILES string of the molecule is CNC(c1cccc2c1OCC2)C(C)(C)OC. The van der Waals surface area contributed by atoms with Crippen LogP contribution in [-0.2, 0) is 11.2 Å². The number of hydrogen-bond acceptors (Lipinski definition) is 3. The van der Waals surface area contributed by atoms with Crippen molar-refractivity contribution in [1.82, 2.24) is 5.32 Å². The molecule has 17 heavy (non-hydrogen) atoms. The van der Waals surface area contributed by atoms with Crippen molar-refractivity contribution < 1.29 is 9.47 Å². The highest BCUT2D eigenvalue weighted by Gasteiger charge is 2.33. The van der Waals surface area contributed by atoms with Crippen molar-refractivity contribution in [3.05, 3.63) is 29.3 Å². The van der Waals surface area contributed by atoms with E-state index in [1.807, 2.05) is 7.05 Å². The Morgan fingerprint density at radius 1 is 1.41 bits per heavy atom. The zero-order valence-electron chi connectivity index (χ0n) is 11.0. The quantitative estimate of drug-likeness (QED) is 0.868. The van der Waals surface area contributed by atoms with E-state index in [4.69, 9.17) is 9.47 Å². The molecule has 1 unspecified atom stereocenters. The highest BCUT2D eigenvalue weighted by Crippen LogP contribution is 2.38. The van der Waals surface area contributed by atoms with Crippen LogP contribution in [0.15, 0.2) is 18.2 Å². The van der Waals surface area contributed by atoms with Crippen LogP contribution < -0.4 is 10.1 Å². The van der Waals surface area contributed by atoms with Crippen LogP contribution in [0.3, 0.4) is 0 Å². The third kappa shape index (κ3) is 2.17. The van der Waals surface area contributed by atoms with Crippen LogP contribution in [0.25, 0.3) is 0 Å². The summed E-state index contributed by atoms with van der Waals surface area (Å²) in [4.78, 5) is 0. The summed E-state index contributed by atoms with van der Waals surface area (Å²) in [6.07, 6.45) is 1.01. The third-order valence-electron chi connectivity index (χ3n) is 3.57. The first kappa shape index (κ1) is 12.4. The molecule has 1 aliphatic heterocycles. The Hall–Kier alpha value is -1.06. The molecule has 3 nitrogen and oxygen atoms in total. The molecule has 0 aromatic heterocycles. The van der Waals surface area contributed by atoms with Gasteiger partial charge in [0.15, 0.2) is 0 Å². The zero-order chi connectivity index (χ0) is 12.5. The van der Waals surface area contributed by atoms with Gasteiger partial charge in [-0.2, -0.15) is 0 Å². The molecule has 1 heterocycles. The second-order valence-corrected chi connectivity index (χ2v) is 4.96. The summed E-state index contributed by atoms with van der Waals surface area (Å²) < 4.78 is 11.3. The van der Waals surface area contributed by atoms with Gasteiger partial charge < -0.3 is 14.8 Å². The van der Waals surface area contributed by atoms with Gasteiger partial charge in [0.05, 0.1) is 18.2 Å². The summed E-state index contributed by atoms with van der Waals surface area (Å²) in [7, 11) is 3.70. The third-order valence-corrected chi connectivity index (χ3v) is 3.57. The molecule has 1 aliphatic rings. The summed E-state index contributed by atoms with van der Waals surface area (Å²) >= 11 is 0. The average molecular weight is 235 g/mol. The molecule has 0 aliphatic carbocycles. The second-order valence-electron chi connectivity index (χ2n) is 4.96. The molecule has 1 atom stereocenters. The monoisotopic (exact) mass is 235 g/mol. The molecule has 0 saturated heterocycles. The number of benzene rings is 1. The first-order chi connectivity index (χ1) is 8.10. The standard InChI is InChI=1S/C14H21NO2/c1-14(2,16-4)13(15-3)11-7-5-6-10-8-9-17-12(10)11/h5-7,13,15H,8-9H2,1-4H3. The van der Waals surface area contributed by atoms with Crippen molar-refractivity contribution in [2.24, 2.45) is 0 Å². The Morgan fingerprint density at radius 3 is 2.82 bits per heavy atom. The summed E-state index contributed by atoms with van der Waals surface area (Å²) in [5.41, 5.74) is 2.22. The predicted molar refractivity (Wildman–Crippen MR) is 68.5 cm³/mol. The summed E-state index contributed by atoms with van der Waals surface area (Å²) in [6, 6.07) is 6.48. The number of methoxy groups -OCH3 is 1. The van der Waals surface area contributed by atoms with Crippen molar-refractivity contribution in [3.8, 4) is 5.75 Å². The van der Waals surface area contributed by atoms with E-state index in [1.54, 1.807) is 7.11 Å². The van der Waals surface area contributed by atoms with Gasteiger partial charge in [-0.15, -0.1) is 0 Å².